The first-order valence-corrected chi connectivity index (χ1v) is 6.54. The average molecular weight is 279 g/mol. The summed E-state index contributed by atoms with van der Waals surface area (Å²) in [5.41, 5.74) is 0. The lowest BCUT2D eigenvalue weighted by atomic mass is 10.3. The van der Waals surface area contributed by atoms with E-state index in [0.29, 0.717) is 19.7 Å². The summed E-state index contributed by atoms with van der Waals surface area (Å²) in [7, 11) is 0. The molecule has 1 amide bonds. The van der Waals surface area contributed by atoms with E-state index in [1.54, 1.807) is 0 Å². The van der Waals surface area contributed by atoms with E-state index in [1.807, 2.05) is 0 Å². The Morgan fingerprint density at radius 1 is 1.44 bits per heavy atom. The van der Waals surface area contributed by atoms with Crippen molar-refractivity contribution in [1.29, 1.82) is 0 Å². The summed E-state index contributed by atoms with van der Waals surface area (Å²) in [6.07, 6.45) is 3.19. The summed E-state index contributed by atoms with van der Waals surface area (Å²) in [5, 5.41) is 6.01. The van der Waals surface area contributed by atoms with Gasteiger partial charge in [0.15, 0.2) is 0 Å². The number of ether oxygens (including phenoxy) is 2. The minimum Gasteiger partial charge on any atom is -0.381 e. The largest absolute Gasteiger partial charge is 0.381 e. The molecule has 0 spiro atoms. The second-order valence-corrected chi connectivity index (χ2v) is 4.73. The zero-order chi connectivity index (χ0) is 11.9. The van der Waals surface area contributed by atoms with Crippen LogP contribution < -0.4 is 10.6 Å². The number of carbonyl (C=O) groups is 1. The van der Waals surface area contributed by atoms with Gasteiger partial charge in [-0.2, -0.15) is 0 Å². The molecule has 2 aliphatic rings. The van der Waals surface area contributed by atoms with Gasteiger partial charge in [-0.15, -0.1) is 12.4 Å². The summed E-state index contributed by atoms with van der Waals surface area (Å²) in [5.74, 6) is 0.797. The third kappa shape index (κ3) is 6.00. The number of hydrogen-bond donors (Lipinski definition) is 2. The molecule has 1 atom stereocenters. The molecule has 0 radical (unpaired) electrons. The van der Waals surface area contributed by atoms with E-state index in [4.69, 9.17) is 9.47 Å². The van der Waals surface area contributed by atoms with Gasteiger partial charge in [0.2, 0.25) is 5.91 Å². The van der Waals surface area contributed by atoms with Crippen LogP contribution >= 0.6 is 12.4 Å². The van der Waals surface area contributed by atoms with Gasteiger partial charge in [-0.3, -0.25) is 4.79 Å². The number of morpholine rings is 1. The fraction of sp³-hybridized carbons (Fsp3) is 0.917. The van der Waals surface area contributed by atoms with Crippen molar-refractivity contribution in [3.8, 4) is 0 Å². The molecule has 2 N–H and O–H groups in total. The van der Waals surface area contributed by atoms with E-state index in [2.05, 4.69) is 10.6 Å². The first-order valence-electron chi connectivity index (χ1n) is 6.54. The monoisotopic (exact) mass is 278 g/mol. The van der Waals surface area contributed by atoms with Crippen LogP contribution in [0, 0.1) is 5.92 Å². The molecular weight excluding hydrogens is 256 g/mol. The van der Waals surface area contributed by atoms with Crippen molar-refractivity contribution in [2.75, 3.05) is 39.5 Å². The number of amides is 1. The van der Waals surface area contributed by atoms with E-state index in [0.717, 1.165) is 32.1 Å². The molecule has 106 valence electrons. The number of rotatable bonds is 7. The molecule has 0 aromatic rings. The molecule has 0 bridgehead atoms. The van der Waals surface area contributed by atoms with Crippen molar-refractivity contribution >= 4 is 18.3 Å². The summed E-state index contributed by atoms with van der Waals surface area (Å²) < 4.78 is 10.8. The van der Waals surface area contributed by atoms with Crippen LogP contribution in [0.3, 0.4) is 0 Å². The number of halogens is 1. The molecule has 2 rings (SSSR count). The second kappa shape index (κ2) is 8.69. The summed E-state index contributed by atoms with van der Waals surface area (Å²) in [6.45, 7) is 4.36. The lowest BCUT2D eigenvalue weighted by molar-refractivity contribution is -0.134. The Morgan fingerprint density at radius 2 is 2.28 bits per heavy atom. The molecule has 2 fully saturated rings. The molecule has 1 unspecified atom stereocenters. The van der Waals surface area contributed by atoms with Gasteiger partial charge in [-0.25, -0.2) is 0 Å². The normalized spacial score (nSPS) is 23.2. The Labute approximate surface area is 114 Å². The molecule has 6 heteroatoms. The molecule has 18 heavy (non-hydrogen) atoms. The highest BCUT2D eigenvalue weighted by Gasteiger charge is 2.22. The van der Waals surface area contributed by atoms with Gasteiger partial charge < -0.3 is 20.1 Å². The van der Waals surface area contributed by atoms with Crippen molar-refractivity contribution in [3.63, 3.8) is 0 Å². The van der Waals surface area contributed by atoms with Crippen molar-refractivity contribution in [3.05, 3.63) is 0 Å². The molecule has 0 aromatic heterocycles. The van der Waals surface area contributed by atoms with E-state index in [9.17, 15) is 4.79 Å². The summed E-state index contributed by atoms with van der Waals surface area (Å²) in [4.78, 5) is 11.6. The van der Waals surface area contributed by atoms with Gasteiger partial charge in [-0.05, 0) is 25.2 Å². The van der Waals surface area contributed by atoms with Crippen LogP contribution in [-0.4, -0.2) is 51.5 Å². The molecule has 1 saturated heterocycles. The van der Waals surface area contributed by atoms with Crippen LogP contribution in [0.15, 0.2) is 0 Å². The fourth-order valence-electron chi connectivity index (χ4n) is 1.77. The first kappa shape index (κ1) is 15.7. The van der Waals surface area contributed by atoms with Crippen LogP contribution in [0.2, 0.25) is 0 Å². The van der Waals surface area contributed by atoms with Crippen LogP contribution in [0.5, 0.6) is 0 Å². The Kier molecular flexibility index (Phi) is 7.58. The van der Waals surface area contributed by atoms with Gasteiger partial charge in [0.05, 0.1) is 6.61 Å². The van der Waals surface area contributed by atoms with Crippen LogP contribution in [-0.2, 0) is 14.3 Å². The average Bonchev–Trinajstić information content (AvgIpc) is 3.18. The molecule has 5 nitrogen and oxygen atoms in total. The highest BCUT2D eigenvalue weighted by atomic mass is 35.5. The van der Waals surface area contributed by atoms with Gasteiger partial charge in [0, 0.05) is 32.8 Å². The minimum absolute atomic E-state index is 0. The summed E-state index contributed by atoms with van der Waals surface area (Å²) in [6, 6.07) is 0. The van der Waals surface area contributed by atoms with Gasteiger partial charge in [-0.1, -0.05) is 0 Å². The van der Waals surface area contributed by atoms with E-state index in [-0.39, 0.29) is 24.4 Å². The zero-order valence-corrected chi connectivity index (χ0v) is 11.5. The maximum Gasteiger partial charge on any atom is 0.250 e. The molecule has 1 heterocycles. The molecular formula is C12H23ClN2O3. The predicted molar refractivity (Wildman–Crippen MR) is 71.0 cm³/mol. The Bertz CT molecular complexity index is 243. The first-order chi connectivity index (χ1) is 8.36. The smallest absolute Gasteiger partial charge is 0.250 e. The third-order valence-electron chi connectivity index (χ3n) is 3.04. The van der Waals surface area contributed by atoms with Crippen molar-refractivity contribution in [2.24, 2.45) is 5.92 Å². The van der Waals surface area contributed by atoms with Crippen LogP contribution in [0.25, 0.3) is 0 Å². The number of hydrogen-bond acceptors (Lipinski definition) is 4. The lowest BCUT2D eigenvalue weighted by Gasteiger charge is -2.22. The zero-order valence-electron chi connectivity index (χ0n) is 10.7. The fourth-order valence-corrected chi connectivity index (χ4v) is 1.77. The predicted octanol–water partition coefficient (Wildman–Crippen LogP) is 0.329. The summed E-state index contributed by atoms with van der Waals surface area (Å²) >= 11 is 0. The van der Waals surface area contributed by atoms with Crippen molar-refractivity contribution in [1.82, 2.24) is 10.6 Å². The van der Waals surface area contributed by atoms with Crippen LogP contribution in [0.4, 0.5) is 0 Å². The van der Waals surface area contributed by atoms with Gasteiger partial charge in [0.1, 0.15) is 6.10 Å². The highest BCUT2D eigenvalue weighted by Crippen LogP contribution is 2.28. The molecule has 1 aliphatic carbocycles. The third-order valence-corrected chi connectivity index (χ3v) is 3.04. The minimum atomic E-state index is -0.323. The van der Waals surface area contributed by atoms with E-state index >= 15 is 0 Å². The maximum atomic E-state index is 11.6. The number of carbonyl (C=O) groups excluding carboxylic acids is 1. The molecule has 1 aliphatic heterocycles. The Morgan fingerprint density at radius 3 is 2.94 bits per heavy atom. The highest BCUT2D eigenvalue weighted by molar-refractivity contribution is 5.85. The van der Waals surface area contributed by atoms with E-state index in [1.165, 1.54) is 12.8 Å². The standard InChI is InChI=1S/C12H22N2O3.ClH/c15-12(11-8-13-5-7-17-11)14-4-1-6-16-9-10-2-3-10;/h10-11,13H,1-9H2,(H,14,15);1H. The second-order valence-electron chi connectivity index (χ2n) is 4.73. The molecule has 1 saturated carbocycles. The number of nitrogens with one attached hydrogen (secondary N) is 2. The topological polar surface area (TPSA) is 59.6 Å². The van der Waals surface area contributed by atoms with Gasteiger partial charge in [0.25, 0.3) is 0 Å². The maximum absolute atomic E-state index is 11.6. The SMILES string of the molecule is Cl.O=C(NCCCOCC1CC1)C1CNCCO1. The van der Waals surface area contributed by atoms with E-state index < -0.39 is 0 Å². The van der Waals surface area contributed by atoms with Crippen LogP contribution in [0.1, 0.15) is 19.3 Å². The lowest BCUT2D eigenvalue weighted by Crippen LogP contribution is -2.48. The van der Waals surface area contributed by atoms with Crippen molar-refractivity contribution < 1.29 is 14.3 Å². The Hall–Kier alpha value is -0.360. The Balaban J connectivity index is 0.00000162. The van der Waals surface area contributed by atoms with Gasteiger partial charge >= 0.3 is 0 Å². The molecule has 0 aromatic carbocycles. The van der Waals surface area contributed by atoms with Crippen molar-refractivity contribution in [2.45, 2.75) is 25.4 Å². The quantitative estimate of drug-likeness (QED) is 0.659.